The summed E-state index contributed by atoms with van der Waals surface area (Å²) in [7, 11) is -3.67. The Balaban J connectivity index is 1.60. The lowest BCUT2D eigenvalue weighted by atomic mass is 10.1. The van der Waals surface area contributed by atoms with Gasteiger partial charge in [0.1, 0.15) is 0 Å². The normalized spacial score (nSPS) is 17.1. The van der Waals surface area contributed by atoms with E-state index in [-0.39, 0.29) is 31.2 Å². The monoisotopic (exact) mass is 455 g/mol. The van der Waals surface area contributed by atoms with Gasteiger partial charge in [0.2, 0.25) is 21.8 Å². The number of anilines is 1. The minimum absolute atomic E-state index is 0.0191. The van der Waals surface area contributed by atoms with Gasteiger partial charge in [-0.15, -0.1) is 0 Å². The average molecular weight is 455 g/mol. The van der Waals surface area contributed by atoms with Gasteiger partial charge in [-0.1, -0.05) is 24.3 Å². The summed E-state index contributed by atoms with van der Waals surface area (Å²) >= 11 is 0. The number of benzene rings is 2. The molecule has 1 aliphatic heterocycles. The van der Waals surface area contributed by atoms with Crippen LogP contribution in [0.15, 0.2) is 48.5 Å². The molecule has 7 nitrogen and oxygen atoms in total. The first kappa shape index (κ1) is 22.8. The predicted molar refractivity (Wildman–Crippen MR) is 107 cm³/mol. The second-order valence-electron chi connectivity index (χ2n) is 7.37. The van der Waals surface area contributed by atoms with E-state index in [2.05, 4.69) is 5.32 Å². The van der Waals surface area contributed by atoms with Gasteiger partial charge in [0.25, 0.3) is 0 Å². The van der Waals surface area contributed by atoms with E-state index < -0.39 is 33.6 Å². The molecule has 1 aliphatic rings. The summed E-state index contributed by atoms with van der Waals surface area (Å²) in [5, 5.41) is 7.65. The molecule has 0 radical (unpaired) electrons. The Morgan fingerprint density at radius 1 is 1.13 bits per heavy atom. The number of amides is 2. The molecule has 31 heavy (non-hydrogen) atoms. The fourth-order valence-corrected chi connectivity index (χ4v) is 3.99. The lowest BCUT2D eigenvalue weighted by Gasteiger charge is -2.18. The van der Waals surface area contributed by atoms with Crippen molar-refractivity contribution in [1.29, 1.82) is 0 Å². The zero-order valence-electron chi connectivity index (χ0n) is 16.2. The average Bonchev–Trinajstić information content (AvgIpc) is 3.02. The molecule has 0 aromatic heterocycles. The van der Waals surface area contributed by atoms with E-state index in [9.17, 15) is 31.2 Å². The van der Waals surface area contributed by atoms with Crippen molar-refractivity contribution in [2.45, 2.75) is 24.9 Å². The van der Waals surface area contributed by atoms with Crippen molar-refractivity contribution < 1.29 is 31.2 Å². The fourth-order valence-electron chi connectivity index (χ4n) is 3.33. The first-order chi connectivity index (χ1) is 14.4. The Hall–Kier alpha value is -2.92. The molecule has 2 aromatic carbocycles. The minimum Gasteiger partial charge on any atom is -0.338 e. The summed E-state index contributed by atoms with van der Waals surface area (Å²) < 4.78 is 60.8. The third kappa shape index (κ3) is 6.28. The second kappa shape index (κ2) is 8.67. The first-order valence-electron chi connectivity index (χ1n) is 9.25. The highest BCUT2D eigenvalue weighted by Crippen LogP contribution is 2.30. The van der Waals surface area contributed by atoms with Crippen molar-refractivity contribution >= 4 is 27.5 Å². The quantitative estimate of drug-likeness (QED) is 0.697. The fraction of sp³-hybridized carbons (Fsp3) is 0.300. The van der Waals surface area contributed by atoms with Crippen LogP contribution in [0.3, 0.4) is 0 Å². The van der Waals surface area contributed by atoms with E-state index in [0.717, 1.165) is 12.1 Å². The summed E-state index contributed by atoms with van der Waals surface area (Å²) in [6.45, 7) is 0.0687. The molecule has 2 aromatic rings. The number of nitrogens with zero attached hydrogens (tertiary/aromatic N) is 1. The summed E-state index contributed by atoms with van der Waals surface area (Å²) in [6, 6.07) is 10.8. The van der Waals surface area contributed by atoms with Gasteiger partial charge in [0, 0.05) is 25.2 Å². The van der Waals surface area contributed by atoms with E-state index in [0.29, 0.717) is 16.8 Å². The highest BCUT2D eigenvalue weighted by atomic mass is 32.2. The number of primary sulfonamides is 1. The van der Waals surface area contributed by atoms with Crippen molar-refractivity contribution in [1.82, 2.24) is 4.90 Å². The summed E-state index contributed by atoms with van der Waals surface area (Å²) in [5.41, 5.74) is 0.419. The van der Waals surface area contributed by atoms with Crippen LogP contribution in [-0.4, -0.2) is 31.7 Å². The largest absolute Gasteiger partial charge is 0.416 e. The number of nitrogens with two attached hydrogens (primary N) is 1. The highest BCUT2D eigenvalue weighted by molar-refractivity contribution is 7.88. The predicted octanol–water partition coefficient (Wildman–Crippen LogP) is 2.48. The Bertz CT molecular complexity index is 1090. The zero-order chi connectivity index (χ0) is 22.8. The molecular weight excluding hydrogens is 435 g/mol. The van der Waals surface area contributed by atoms with Gasteiger partial charge >= 0.3 is 6.18 Å². The van der Waals surface area contributed by atoms with E-state index >= 15 is 0 Å². The Kier molecular flexibility index (Phi) is 6.37. The third-order valence-corrected chi connectivity index (χ3v) is 5.54. The standard InChI is InChI=1S/C20H20F3N3O4S/c21-20(22,23)16-3-1-2-14(8-16)10-26-11-15(9-18(26)27)19(28)25-17-6-4-13(5-7-17)12-31(24,29)30/h1-8,15H,9-12H2,(H,25,28)(H2,24,29,30). The zero-order valence-corrected chi connectivity index (χ0v) is 17.0. The van der Waals surface area contributed by atoms with Crippen LogP contribution in [0, 0.1) is 5.92 Å². The number of hydrogen-bond donors (Lipinski definition) is 2. The number of hydrogen-bond acceptors (Lipinski definition) is 4. The lowest BCUT2D eigenvalue weighted by Crippen LogP contribution is -2.28. The number of likely N-dealkylation sites (tertiary alicyclic amines) is 1. The summed E-state index contributed by atoms with van der Waals surface area (Å²) in [5.74, 6) is -1.70. The molecule has 0 saturated carbocycles. The van der Waals surface area contributed by atoms with Gasteiger partial charge in [-0.25, -0.2) is 13.6 Å². The van der Waals surface area contributed by atoms with Gasteiger partial charge in [0.15, 0.2) is 0 Å². The van der Waals surface area contributed by atoms with Gasteiger partial charge < -0.3 is 10.2 Å². The molecule has 2 amide bonds. The molecule has 0 spiro atoms. The number of nitrogens with one attached hydrogen (secondary N) is 1. The number of carbonyl (C=O) groups excluding carboxylic acids is 2. The molecule has 1 unspecified atom stereocenters. The maximum Gasteiger partial charge on any atom is 0.416 e. The van der Waals surface area contributed by atoms with E-state index in [1.807, 2.05) is 0 Å². The third-order valence-electron chi connectivity index (χ3n) is 4.80. The highest BCUT2D eigenvalue weighted by Gasteiger charge is 2.35. The molecule has 0 bridgehead atoms. The van der Waals surface area contributed by atoms with Crippen LogP contribution < -0.4 is 10.5 Å². The summed E-state index contributed by atoms with van der Waals surface area (Å²) in [6.07, 6.45) is -4.52. The molecule has 3 rings (SSSR count). The molecule has 11 heteroatoms. The SMILES string of the molecule is NS(=O)(=O)Cc1ccc(NC(=O)C2CC(=O)N(Cc3cccc(C(F)(F)F)c3)C2)cc1. The molecule has 0 aliphatic carbocycles. The van der Waals surface area contributed by atoms with Crippen LogP contribution >= 0.6 is 0 Å². The Morgan fingerprint density at radius 2 is 1.81 bits per heavy atom. The van der Waals surface area contributed by atoms with Crippen molar-refractivity contribution in [3.05, 3.63) is 65.2 Å². The van der Waals surface area contributed by atoms with Gasteiger partial charge in [-0.05, 0) is 35.4 Å². The number of halogens is 3. The molecule has 1 atom stereocenters. The van der Waals surface area contributed by atoms with Gasteiger partial charge in [0.05, 0.1) is 17.2 Å². The summed E-state index contributed by atoms with van der Waals surface area (Å²) in [4.78, 5) is 26.1. The minimum atomic E-state index is -4.47. The van der Waals surface area contributed by atoms with Crippen LogP contribution in [-0.2, 0) is 38.1 Å². The van der Waals surface area contributed by atoms with E-state index in [1.54, 1.807) is 0 Å². The smallest absolute Gasteiger partial charge is 0.338 e. The number of carbonyl (C=O) groups is 2. The maximum absolute atomic E-state index is 12.9. The Morgan fingerprint density at radius 3 is 2.42 bits per heavy atom. The van der Waals surface area contributed by atoms with Crippen LogP contribution in [0.1, 0.15) is 23.1 Å². The molecule has 3 N–H and O–H groups in total. The number of alkyl halides is 3. The van der Waals surface area contributed by atoms with Gasteiger partial charge in [-0.2, -0.15) is 13.2 Å². The molecule has 166 valence electrons. The molecule has 1 saturated heterocycles. The van der Waals surface area contributed by atoms with Crippen molar-refractivity contribution in [3.63, 3.8) is 0 Å². The van der Waals surface area contributed by atoms with Crippen molar-refractivity contribution in [2.24, 2.45) is 11.1 Å². The Labute approximate surface area is 177 Å². The van der Waals surface area contributed by atoms with Crippen molar-refractivity contribution in [2.75, 3.05) is 11.9 Å². The van der Waals surface area contributed by atoms with Crippen LogP contribution in [0.25, 0.3) is 0 Å². The molecule has 1 heterocycles. The molecular formula is C20H20F3N3O4S. The maximum atomic E-state index is 12.9. The van der Waals surface area contributed by atoms with Crippen LogP contribution in [0.2, 0.25) is 0 Å². The van der Waals surface area contributed by atoms with Crippen molar-refractivity contribution in [3.8, 4) is 0 Å². The van der Waals surface area contributed by atoms with E-state index in [1.165, 1.54) is 41.3 Å². The van der Waals surface area contributed by atoms with Gasteiger partial charge in [-0.3, -0.25) is 9.59 Å². The number of sulfonamides is 1. The number of rotatable bonds is 6. The topological polar surface area (TPSA) is 110 Å². The first-order valence-corrected chi connectivity index (χ1v) is 11.0. The van der Waals surface area contributed by atoms with Crippen LogP contribution in [0.4, 0.5) is 18.9 Å². The van der Waals surface area contributed by atoms with E-state index in [4.69, 9.17) is 5.14 Å². The lowest BCUT2D eigenvalue weighted by molar-refractivity contribution is -0.137. The second-order valence-corrected chi connectivity index (χ2v) is 8.98. The van der Waals surface area contributed by atoms with Crippen LogP contribution in [0.5, 0.6) is 0 Å². The molecule has 1 fully saturated rings.